The fourth-order valence-electron chi connectivity index (χ4n) is 8.29. The van der Waals surface area contributed by atoms with Gasteiger partial charge in [0.2, 0.25) is 5.95 Å². The maximum atomic E-state index is 5.34. The summed E-state index contributed by atoms with van der Waals surface area (Å²) in [6.07, 6.45) is 0. The molecule has 0 atom stereocenters. The molecule has 0 saturated heterocycles. The molecule has 0 saturated carbocycles. The molecule has 0 aliphatic heterocycles. The van der Waals surface area contributed by atoms with Crippen molar-refractivity contribution >= 4 is 32.7 Å². The normalized spacial score (nSPS) is 13.2. The summed E-state index contributed by atoms with van der Waals surface area (Å²) >= 11 is 0. The molecule has 1 aliphatic carbocycles. The van der Waals surface area contributed by atoms with Gasteiger partial charge in [-0.2, -0.15) is 0 Å². The minimum atomic E-state index is -0.0511. The van der Waals surface area contributed by atoms with E-state index < -0.39 is 0 Å². The maximum absolute atomic E-state index is 5.34. The maximum Gasteiger partial charge on any atom is 0.235 e. The van der Waals surface area contributed by atoms with Crippen LogP contribution in [0.5, 0.6) is 0 Å². The Morgan fingerprint density at radius 1 is 0.460 bits per heavy atom. The average Bonchev–Trinajstić information content (AvgIpc) is 3.64. The van der Waals surface area contributed by atoms with E-state index in [1.807, 2.05) is 6.07 Å². The van der Waals surface area contributed by atoms with Crippen LogP contribution in [0.1, 0.15) is 25.0 Å². The van der Waals surface area contributed by atoms with Crippen molar-refractivity contribution in [2.75, 3.05) is 0 Å². The minimum Gasteiger partial charge on any atom is -0.277 e. The molecule has 0 unspecified atom stereocenters. The van der Waals surface area contributed by atoms with Crippen molar-refractivity contribution in [1.29, 1.82) is 0 Å². The summed E-state index contributed by atoms with van der Waals surface area (Å²) in [7, 11) is 0. The lowest BCUT2D eigenvalue weighted by molar-refractivity contribution is 0.660. The van der Waals surface area contributed by atoms with Gasteiger partial charge in [-0.3, -0.25) is 4.57 Å². The topological polar surface area (TPSA) is 30.7 Å². The Bertz CT molecular complexity index is 2790. The molecule has 1 aliphatic rings. The van der Waals surface area contributed by atoms with E-state index in [1.54, 1.807) is 0 Å². The molecule has 3 heteroatoms. The van der Waals surface area contributed by atoms with Crippen LogP contribution in [0.3, 0.4) is 0 Å². The van der Waals surface area contributed by atoms with E-state index in [0.717, 1.165) is 44.3 Å². The quantitative estimate of drug-likeness (QED) is 0.192. The van der Waals surface area contributed by atoms with Crippen molar-refractivity contribution in [3.05, 3.63) is 175 Å². The molecular formula is C47H33N3. The smallest absolute Gasteiger partial charge is 0.235 e. The van der Waals surface area contributed by atoms with E-state index in [-0.39, 0.29) is 5.41 Å². The van der Waals surface area contributed by atoms with Crippen LogP contribution in [-0.2, 0) is 5.41 Å². The first-order valence-electron chi connectivity index (χ1n) is 17.3. The highest BCUT2D eigenvalue weighted by atomic mass is 15.2. The molecule has 2 heterocycles. The van der Waals surface area contributed by atoms with E-state index in [1.165, 1.54) is 44.2 Å². The Kier molecular flexibility index (Phi) is 6.22. The summed E-state index contributed by atoms with van der Waals surface area (Å²) in [5.74, 6) is 0.664. The molecule has 0 spiro atoms. The van der Waals surface area contributed by atoms with Crippen LogP contribution in [0.15, 0.2) is 164 Å². The Labute approximate surface area is 291 Å². The van der Waals surface area contributed by atoms with Gasteiger partial charge in [-0.05, 0) is 57.1 Å². The van der Waals surface area contributed by atoms with Gasteiger partial charge in [0.15, 0.2) is 0 Å². The third-order valence-corrected chi connectivity index (χ3v) is 10.6. The number of fused-ring (bicyclic) bond motifs is 7. The van der Waals surface area contributed by atoms with Crippen molar-refractivity contribution in [1.82, 2.24) is 14.5 Å². The summed E-state index contributed by atoms with van der Waals surface area (Å²) in [6, 6.07) is 58.7. The lowest BCUT2D eigenvalue weighted by Crippen LogP contribution is -2.14. The SMILES string of the molecule is CC1(C)c2ccccc2-c2c(-c3cccc(-c4cccc5c6ccccc6n(-c6nc(-c7ccccc7)c7ccccc7n6)c45)c3)cccc21. The Morgan fingerprint density at radius 3 is 1.94 bits per heavy atom. The van der Waals surface area contributed by atoms with E-state index in [4.69, 9.17) is 9.97 Å². The summed E-state index contributed by atoms with van der Waals surface area (Å²) in [5, 5.41) is 3.40. The molecule has 0 radical (unpaired) electrons. The van der Waals surface area contributed by atoms with E-state index >= 15 is 0 Å². The fraction of sp³-hybridized carbons (Fsp3) is 0.0638. The van der Waals surface area contributed by atoms with Gasteiger partial charge in [0.25, 0.3) is 0 Å². The zero-order chi connectivity index (χ0) is 33.4. The second-order valence-corrected chi connectivity index (χ2v) is 13.8. The van der Waals surface area contributed by atoms with Crippen molar-refractivity contribution in [2.45, 2.75) is 19.3 Å². The van der Waals surface area contributed by atoms with Crippen molar-refractivity contribution in [2.24, 2.45) is 0 Å². The second kappa shape index (κ2) is 10.8. The van der Waals surface area contributed by atoms with E-state index in [2.05, 4.69) is 176 Å². The molecule has 0 amide bonds. The number of aromatic nitrogens is 3. The lowest BCUT2D eigenvalue weighted by atomic mass is 9.82. The fourth-order valence-corrected chi connectivity index (χ4v) is 8.29. The monoisotopic (exact) mass is 639 g/mol. The van der Waals surface area contributed by atoms with Gasteiger partial charge in [-0.15, -0.1) is 0 Å². The van der Waals surface area contributed by atoms with Gasteiger partial charge in [0.05, 0.1) is 22.2 Å². The van der Waals surface area contributed by atoms with Gasteiger partial charge < -0.3 is 0 Å². The molecule has 10 rings (SSSR count). The Morgan fingerprint density at radius 2 is 1.06 bits per heavy atom. The number of para-hydroxylation sites is 3. The molecule has 0 fully saturated rings. The third-order valence-electron chi connectivity index (χ3n) is 10.6. The molecule has 2 aromatic heterocycles. The number of hydrogen-bond donors (Lipinski definition) is 0. The van der Waals surface area contributed by atoms with Crippen molar-refractivity contribution in [3.63, 3.8) is 0 Å². The van der Waals surface area contributed by atoms with Crippen LogP contribution < -0.4 is 0 Å². The Hall–Kier alpha value is -6.32. The first-order valence-corrected chi connectivity index (χ1v) is 17.3. The van der Waals surface area contributed by atoms with Crippen molar-refractivity contribution in [3.8, 4) is 50.6 Å². The van der Waals surface area contributed by atoms with E-state index in [9.17, 15) is 0 Å². The van der Waals surface area contributed by atoms with E-state index in [0.29, 0.717) is 5.95 Å². The minimum absolute atomic E-state index is 0.0511. The standard InChI is InChI=1S/C47H33N3/c1-47(2)39-25-9-6-20-37(39)43-33(22-14-26-40(43)47)31-17-12-18-32(29-31)34-23-13-24-36-35-19-8-11-28-42(35)50(45(34)36)46-48-41-27-10-7-21-38(41)44(49-46)30-15-4-3-5-16-30/h3-29H,1-2H3. The summed E-state index contributed by atoms with van der Waals surface area (Å²) in [5.41, 5.74) is 15.3. The number of hydrogen-bond acceptors (Lipinski definition) is 2. The van der Waals surface area contributed by atoms with Gasteiger partial charge in [-0.1, -0.05) is 159 Å². The van der Waals surface area contributed by atoms with Crippen LogP contribution in [0.2, 0.25) is 0 Å². The first kappa shape index (κ1) is 28.7. The largest absolute Gasteiger partial charge is 0.277 e. The van der Waals surface area contributed by atoms with Crippen LogP contribution in [0, 0.1) is 0 Å². The number of rotatable bonds is 4. The van der Waals surface area contributed by atoms with Crippen LogP contribution in [0.25, 0.3) is 83.3 Å². The van der Waals surface area contributed by atoms with Crippen LogP contribution >= 0.6 is 0 Å². The molecule has 0 bridgehead atoms. The highest BCUT2D eigenvalue weighted by Gasteiger charge is 2.36. The molecule has 0 N–H and O–H groups in total. The zero-order valence-electron chi connectivity index (χ0n) is 27.9. The van der Waals surface area contributed by atoms with Gasteiger partial charge in [0.1, 0.15) is 0 Å². The predicted molar refractivity (Wildman–Crippen MR) is 208 cm³/mol. The van der Waals surface area contributed by atoms with Crippen LogP contribution in [0.4, 0.5) is 0 Å². The van der Waals surface area contributed by atoms with Gasteiger partial charge in [-0.25, -0.2) is 9.97 Å². The number of benzene rings is 7. The first-order chi connectivity index (χ1) is 24.6. The van der Waals surface area contributed by atoms with Crippen molar-refractivity contribution < 1.29 is 0 Å². The molecule has 3 nitrogen and oxygen atoms in total. The molecular weight excluding hydrogens is 607 g/mol. The highest BCUT2D eigenvalue weighted by molar-refractivity contribution is 6.14. The summed E-state index contributed by atoms with van der Waals surface area (Å²) < 4.78 is 2.27. The van der Waals surface area contributed by atoms with Crippen LogP contribution in [-0.4, -0.2) is 14.5 Å². The predicted octanol–water partition coefficient (Wildman–Crippen LogP) is 12.0. The lowest BCUT2D eigenvalue weighted by Gasteiger charge is -2.21. The Balaban J connectivity index is 1.23. The molecule has 50 heavy (non-hydrogen) atoms. The average molecular weight is 640 g/mol. The highest BCUT2D eigenvalue weighted by Crippen LogP contribution is 2.52. The van der Waals surface area contributed by atoms with Gasteiger partial charge in [0, 0.05) is 32.7 Å². The summed E-state index contributed by atoms with van der Waals surface area (Å²) in [4.78, 5) is 10.6. The summed E-state index contributed by atoms with van der Waals surface area (Å²) in [6.45, 7) is 4.69. The van der Waals surface area contributed by atoms with Gasteiger partial charge >= 0.3 is 0 Å². The zero-order valence-corrected chi connectivity index (χ0v) is 27.9. The molecule has 7 aromatic carbocycles. The molecule has 9 aromatic rings. The molecule has 236 valence electrons. The third kappa shape index (κ3) is 4.17. The number of nitrogens with zero attached hydrogens (tertiary/aromatic N) is 3. The second-order valence-electron chi connectivity index (χ2n) is 13.8.